The van der Waals surface area contributed by atoms with Crippen molar-refractivity contribution in [3.63, 3.8) is 0 Å². The number of nitrogens with one attached hydrogen (secondary N) is 1. The molecule has 25 heavy (non-hydrogen) atoms. The van der Waals surface area contributed by atoms with Crippen molar-refractivity contribution in [2.24, 2.45) is 0 Å². The topological polar surface area (TPSA) is 79.7 Å². The number of nitriles is 1. The molecule has 0 atom stereocenters. The number of carbonyl (C=O) groups excluding carboxylic acids is 2. The summed E-state index contributed by atoms with van der Waals surface area (Å²) in [5.74, 6) is -0.00701. The number of hydrogen-bond donors (Lipinski definition) is 1. The van der Waals surface area contributed by atoms with E-state index in [1.807, 2.05) is 18.2 Å². The van der Waals surface area contributed by atoms with E-state index in [-0.39, 0.29) is 18.5 Å². The average molecular weight is 341 g/mol. The lowest BCUT2D eigenvalue weighted by Crippen LogP contribution is -2.53. The highest BCUT2D eigenvalue weighted by atomic mass is 16.2. The fourth-order valence-corrected chi connectivity index (χ4v) is 3.34. The molecule has 1 aromatic carbocycles. The number of rotatable bonds is 3. The summed E-state index contributed by atoms with van der Waals surface area (Å²) >= 11 is 0. The molecule has 0 aliphatic carbocycles. The molecule has 0 bridgehead atoms. The number of carbonyl (C=O) groups is 2. The Labute approximate surface area is 147 Å². The molecule has 132 valence electrons. The monoisotopic (exact) mass is 341 g/mol. The number of likely N-dealkylation sites (tertiary alicyclic amines) is 1. The number of nitrogens with zero attached hydrogens (tertiary/aromatic N) is 4. The molecule has 2 aliphatic rings. The predicted molar refractivity (Wildman–Crippen MR) is 94.2 cm³/mol. The van der Waals surface area contributed by atoms with Gasteiger partial charge >= 0.3 is 6.03 Å². The predicted octanol–water partition coefficient (Wildman–Crippen LogP) is 1.01. The molecule has 2 saturated heterocycles. The van der Waals surface area contributed by atoms with Gasteiger partial charge in [0.1, 0.15) is 6.07 Å². The van der Waals surface area contributed by atoms with Crippen LogP contribution in [0.15, 0.2) is 24.3 Å². The van der Waals surface area contributed by atoms with Gasteiger partial charge in [-0.15, -0.1) is 0 Å². The number of piperazine rings is 1. The van der Waals surface area contributed by atoms with E-state index in [0.717, 1.165) is 31.6 Å². The largest absolute Gasteiger partial charge is 0.367 e. The van der Waals surface area contributed by atoms with Crippen LogP contribution in [0.5, 0.6) is 0 Å². The first-order valence-corrected chi connectivity index (χ1v) is 8.73. The van der Waals surface area contributed by atoms with Gasteiger partial charge in [0, 0.05) is 39.3 Å². The van der Waals surface area contributed by atoms with Crippen LogP contribution in [0.4, 0.5) is 10.5 Å². The second-order valence-electron chi connectivity index (χ2n) is 6.35. The maximum absolute atomic E-state index is 12.3. The Balaban J connectivity index is 1.47. The lowest BCUT2D eigenvalue weighted by Gasteiger charge is -2.36. The van der Waals surface area contributed by atoms with E-state index < -0.39 is 0 Å². The molecule has 2 aliphatic heterocycles. The highest BCUT2D eigenvalue weighted by Crippen LogP contribution is 2.21. The molecular weight excluding hydrogens is 318 g/mol. The van der Waals surface area contributed by atoms with Gasteiger partial charge in [-0.1, -0.05) is 12.1 Å². The summed E-state index contributed by atoms with van der Waals surface area (Å²) < 4.78 is 0. The van der Waals surface area contributed by atoms with Crippen LogP contribution in [0.1, 0.15) is 18.4 Å². The van der Waals surface area contributed by atoms with E-state index in [4.69, 9.17) is 0 Å². The van der Waals surface area contributed by atoms with Crippen molar-refractivity contribution in [2.75, 3.05) is 50.7 Å². The summed E-state index contributed by atoms with van der Waals surface area (Å²) in [5.41, 5.74) is 1.56. The van der Waals surface area contributed by atoms with E-state index in [1.165, 1.54) is 0 Å². The molecule has 0 saturated carbocycles. The highest BCUT2D eigenvalue weighted by molar-refractivity contribution is 5.84. The third-order valence-corrected chi connectivity index (χ3v) is 4.78. The van der Waals surface area contributed by atoms with Crippen LogP contribution in [0.3, 0.4) is 0 Å². The van der Waals surface area contributed by atoms with Crippen LogP contribution in [-0.4, -0.2) is 67.6 Å². The van der Waals surface area contributed by atoms with Crippen molar-refractivity contribution >= 4 is 17.6 Å². The smallest absolute Gasteiger partial charge is 0.317 e. The molecule has 3 rings (SSSR count). The van der Waals surface area contributed by atoms with E-state index in [1.54, 1.807) is 15.9 Å². The second-order valence-corrected chi connectivity index (χ2v) is 6.35. The van der Waals surface area contributed by atoms with Gasteiger partial charge in [-0.3, -0.25) is 4.79 Å². The van der Waals surface area contributed by atoms with Crippen LogP contribution in [0.2, 0.25) is 0 Å². The molecule has 0 spiro atoms. The number of urea groups is 1. The average Bonchev–Trinajstić information content (AvgIpc) is 3.21. The molecular formula is C18H23N5O2. The molecule has 2 fully saturated rings. The fourth-order valence-electron chi connectivity index (χ4n) is 3.34. The molecule has 3 amide bonds. The maximum atomic E-state index is 12.3. The molecule has 1 aromatic rings. The lowest BCUT2D eigenvalue weighted by molar-refractivity contribution is -0.129. The quantitative estimate of drug-likeness (QED) is 0.890. The van der Waals surface area contributed by atoms with Gasteiger partial charge in [0.05, 0.1) is 17.8 Å². The molecule has 0 unspecified atom stereocenters. The maximum Gasteiger partial charge on any atom is 0.317 e. The Hall–Kier alpha value is -2.75. The summed E-state index contributed by atoms with van der Waals surface area (Å²) in [4.78, 5) is 29.9. The van der Waals surface area contributed by atoms with Crippen molar-refractivity contribution in [3.05, 3.63) is 29.8 Å². The van der Waals surface area contributed by atoms with Crippen LogP contribution >= 0.6 is 0 Å². The van der Waals surface area contributed by atoms with E-state index >= 15 is 0 Å². The van der Waals surface area contributed by atoms with Crippen molar-refractivity contribution in [1.29, 1.82) is 5.26 Å². The van der Waals surface area contributed by atoms with Crippen molar-refractivity contribution < 1.29 is 9.59 Å². The van der Waals surface area contributed by atoms with E-state index in [2.05, 4.69) is 16.3 Å². The van der Waals surface area contributed by atoms with Crippen LogP contribution in [0, 0.1) is 11.3 Å². The first kappa shape index (κ1) is 17.1. The van der Waals surface area contributed by atoms with Crippen LogP contribution in [0.25, 0.3) is 0 Å². The molecule has 0 aromatic heterocycles. The Kier molecular flexibility index (Phi) is 5.39. The first-order chi connectivity index (χ1) is 12.2. The lowest BCUT2D eigenvalue weighted by atomic mass is 10.1. The summed E-state index contributed by atoms with van der Waals surface area (Å²) in [6.45, 7) is 4.15. The van der Waals surface area contributed by atoms with E-state index in [9.17, 15) is 14.9 Å². The minimum absolute atomic E-state index is 0.00701. The zero-order chi connectivity index (χ0) is 17.6. The number of benzene rings is 1. The Morgan fingerprint density at radius 3 is 2.36 bits per heavy atom. The Morgan fingerprint density at radius 1 is 1.00 bits per heavy atom. The third-order valence-electron chi connectivity index (χ3n) is 4.78. The first-order valence-electron chi connectivity index (χ1n) is 8.73. The van der Waals surface area contributed by atoms with Gasteiger partial charge in [0.15, 0.2) is 0 Å². The normalized spacial score (nSPS) is 17.3. The molecule has 2 heterocycles. The zero-order valence-corrected chi connectivity index (χ0v) is 14.3. The SMILES string of the molecule is N#Cc1ccccc1N1CCN(C(=O)NCC(=O)N2CCCC2)CC1. The van der Waals surface area contributed by atoms with Gasteiger partial charge in [0.25, 0.3) is 0 Å². The van der Waals surface area contributed by atoms with Crippen LogP contribution in [-0.2, 0) is 4.79 Å². The second kappa shape index (κ2) is 7.88. The number of amides is 3. The Morgan fingerprint density at radius 2 is 1.68 bits per heavy atom. The van der Waals surface area contributed by atoms with Gasteiger partial charge < -0.3 is 20.0 Å². The highest BCUT2D eigenvalue weighted by Gasteiger charge is 2.24. The number of hydrogen-bond acceptors (Lipinski definition) is 4. The number of para-hydroxylation sites is 1. The van der Waals surface area contributed by atoms with E-state index in [0.29, 0.717) is 31.7 Å². The zero-order valence-electron chi connectivity index (χ0n) is 14.3. The molecule has 0 radical (unpaired) electrons. The third kappa shape index (κ3) is 4.02. The van der Waals surface area contributed by atoms with Crippen molar-refractivity contribution in [3.8, 4) is 6.07 Å². The van der Waals surface area contributed by atoms with Crippen molar-refractivity contribution in [2.45, 2.75) is 12.8 Å². The fraction of sp³-hybridized carbons (Fsp3) is 0.500. The molecule has 7 nitrogen and oxygen atoms in total. The molecule has 7 heteroatoms. The van der Waals surface area contributed by atoms with Gasteiger partial charge in [-0.25, -0.2) is 4.79 Å². The Bertz CT molecular complexity index is 670. The summed E-state index contributed by atoms with van der Waals surface area (Å²) in [5, 5.41) is 11.9. The minimum atomic E-state index is -0.194. The van der Waals surface area contributed by atoms with Crippen molar-refractivity contribution in [1.82, 2.24) is 15.1 Å². The van der Waals surface area contributed by atoms with Gasteiger partial charge in [-0.05, 0) is 25.0 Å². The minimum Gasteiger partial charge on any atom is -0.367 e. The summed E-state index contributed by atoms with van der Waals surface area (Å²) in [6, 6.07) is 9.52. The summed E-state index contributed by atoms with van der Waals surface area (Å²) in [7, 11) is 0. The number of anilines is 1. The molecule has 1 N–H and O–H groups in total. The van der Waals surface area contributed by atoms with Crippen LogP contribution < -0.4 is 10.2 Å². The standard InChI is InChI=1S/C18H23N5O2/c19-13-15-5-1-2-6-16(15)21-9-11-23(12-10-21)18(25)20-14-17(24)22-7-3-4-8-22/h1-2,5-6H,3-4,7-12,14H2,(H,20,25). The van der Waals surface area contributed by atoms with Gasteiger partial charge in [0.2, 0.25) is 5.91 Å². The van der Waals surface area contributed by atoms with Gasteiger partial charge in [-0.2, -0.15) is 5.26 Å². The summed E-state index contributed by atoms with van der Waals surface area (Å²) in [6.07, 6.45) is 2.09.